The van der Waals surface area contributed by atoms with Gasteiger partial charge in [0, 0.05) is 17.8 Å². The largest absolute Gasteiger partial charge is 0.359 e. The lowest BCUT2D eigenvalue weighted by Gasteiger charge is -2.03. The van der Waals surface area contributed by atoms with E-state index in [0.717, 1.165) is 12.1 Å². The van der Waals surface area contributed by atoms with Crippen LogP contribution in [0.1, 0.15) is 30.9 Å². The van der Waals surface area contributed by atoms with Crippen LogP contribution in [0, 0.1) is 0 Å². The second-order valence-electron chi connectivity index (χ2n) is 4.00. The first kappa shape index (κ1) is 9.32. The second kappa shape index (κ2) is 3.87. The Balaban J connectivity index is 2.16. The van der Waals surface area contributed by atoms with Crippen LogP contribution in [-0.4, -0.2) is 0 Å². The van der Waals surface area contributed by atoms with Crippen molar-refractivity contribution in [1.29, 1.82) is 0 Å². The molecule has 0 fully saturated rings. The fraction of sp³-hybridized carbons (Fsp3) is 0.385. The number of anilines is 1. The van der Waals surface area contributed by atoms with E-state index in [2.05, 4.69) is 37.0 Å². The van der Waals surface area contributed by atoms with Gasteiger partial charge in [-0.2, -0.15) is 0 Å². The fourth-order valence-electron chi connectivity index (χ4n) is 1.92. The topological polar surface area (TPSA) is 12.0 Å². The van der Waals surface area contributed by atoms with Crippen LogP contribution < -0.4 is 5.32 Å². The first-order valence-electron chi connectivity index (χ1n) is 5.36. The molecule has 0 bridgehead atoms. The Morgan fingerprint density at radius 2 is 2.29 bits per heavy atom. The Labute approximate surface area is 85.8 Å². The maximum absolute atomic E-state index is 3.95. The molecule has 1 nitrogen and oxygen atoms in total. The molecule has 0 aromatic heterocycles. The summed E-state index contributed by atoms with van der Waals surface area (Å²) in [4.78, 5) is 0. The molecule has 1 N–H and O–H groups in total. The van der Waals surface area contributed by atoms with Crippen LogP contribution >= 0.6 is 0 Å². The summed E-state index contributed by atoms with van der Waals surface area (Å²) in [6.07, 6.45) is 4.75. The third-order valence-corrected chi connectivity index (χ3v) is 2.70. The number of hydrogen-bond donors (Lipinski definition) is 1. The summed E-state index contributed by atoms with van der Waals surface area (Å²) in [6.45, 7) is 6.18. The quantitative estimate of drug-likeness (QED) is 0.763. The third kappa shape index (κ3) is 1.82. The molecule has 2 rings (SSSR count). The van der Waals surface area contributed by atoms with Crippen LogP contribution in [0.15, 0.2) is 30.5 Å². The molecule has 0 amide bonds. The van der Waals surface area contributed by atoms with E-state index >= 15 is 0 Å². The highest BCUT2D eigenvalue weighted by Crippen LogP contribution is 2.28. The van der Waals surface area contributed by atoms with Crippen molar-refractivity contribution in [3.05, 3.63) is 41.6 Å². The van der Waals surface area contributed by atoms with Crippen LogP contribution in [0.3, 0.4) is 0 Å². The Hall–Kier alpha value is -1.24. The van der Waals surface area contributed by atoms with E-state index in [0.29, 0.717) is 0 Å². The summed E-state index contributed by atoms with van der Waals surface area (Å²) >= 11 is 0. The zero-order valence-electron chi connectivity index (χ0n) is 8.77. The summed E-state index contributed by atoms with van der Waals surface area (Å²) in [6, 6.07) is 6.72. The zero-order chi connectivity index (χ0) is 9.97. The van der Waals surface area contributed by atoms with Crippen molar-refractivity contribution >= 4 is 5.69 Å². The number of benzene rings is 1. The molecule has 0 spiro atoms. The van der Waals surface area contributed by atoms with Crippen molar-refractivity contribution < 1.29 is 0 Å². The lowest BCUT2D eigenvalue weighted by Crippen LogP contribution is -1.88. The number of aryl methyl sites for hydroxylation is 1. The van der Waals surface area contributed by atoms with Gasteiger partial charge in [-0.25, -0.2) is 0 Å². The van der Waals surface area contributed by atoms with Gasteiger partial charge in [0.1, 0.15) is 0 Å². The highest BCUT2D eigenvalue weighted by atomic mass is 14.9. The summed E-state index contributed by atoms with van der Waals surface area (Å²) in [7, 11) is 0. The van der Waals surface area contributed by atoms with Crippen LogP contribution in [0.4, 0.5) is 5.69 Å². The van der Waals surface area contributed by atoms with Crippen molar-refractivity contribution in [2.24, 2.45) is 0 Å². The molecule has 0 atom stereocenters. The molecule has 1 heterocycles. The molecular weight excluding hydrogens is 170 g/mol. The molecule has 0 saturated carbocycles. The van der Waals surface area contributed by atoms with Gasteiger partial charge in [-0.3, -0.25) is 0 Å². The lowest BCUT2D eigenvalue weighted by molar-refractivity contribution is 0.794. The van der Waals surface area contributed by atoms with Gasteiger partial charge >= 0.3 is 0 Å². The van der Waals surface area contributed by atoms with Crippen molar-refractivity contribution in [2.75, 3.05) is 5.32 Å². The summed E-state index contributed by atoms with van der Waals surface area (Å²) in [5.74, 6) is 0. The number of hydrogen-bond acceptors (Lipinski definition) is 1. The van der Waals surface area contributed by atoms with Crippen LogP contribution in [0.25, 0.3) is 0 Å². The molecule has 1 aromatic rings. The highest BCUT2D eigenvalue weighted by molar-refractivity contribution is 5.62. The van der Waals surface area contributed by atoms with Gasteiger partial charge in [0.05, 0.1) is 0 Å². The van der Waals surface area contributed by atoms with E-state index in [1.54, 1.807) is 0 Å². The Morgan fingerprint density at radius 3 is 3.07 bits per heavy atom. The second-order valence-corrected chi connectivity index (χ2v) is 4.00. The minimum absolute atomic E-state index is 0.995. The van der Waals surface area contributed by atoms with Crippen LogP contribution in [0.5, 0.6) is 0 Å². The summed E-state index contributed by atoms with van der Waals surface area (Å²) in [5.41, 5.74) is 5.23. The van der Waals surface area contributed by atoms with Crippen molar-refractivity contribution in [1.82, 2.24) is 0 Å². The maximum Gasteiger partial charge on any atom is 0.0418 e. The van der Waals surface area contributed by atoms with E-state index < -0.39 is 0 Å². The van der Waals surface area contributed by atoms with Gasteiger partial charge in [0.2, 0.25) is 0 Å². The molecule has 1 heteroatoms. The molecule has 0 radical (unpaired) electrons. The third-order valence-electron chi connectivity index (χ3n) is 2.70. The van der Waals surface area contributed by atoms with E-state index in [1.165, 1.54) is 36.1 Å². The van der Waals surface area contributed by atoms with Gasteiger partial charge in [-0.15, -0.1) is 0 Å². The van der Waals surface area contributed by atoms with Crippen LogP contribution in [-0.2, 0) is 12.8 Å². The average Bonchev–Trinajstić information content (AvgIpc) is 2.54. The van der Waals surface area contributed by atoms with E-state index in [1.807, 2.05) is 0 Å². The van der Waals surface area contributed by atoms with Gasteiger partial charge < -0.3 is 5.32 Å². The average molecular weight is 187 g/mol. The predicted octanol–water partition coefficient (Wildman–Crippen LogP) is 3.51. The Kier molecular flexibility index (Phi) is 2.58. The lowest BCUT2D eigenvalue weighted by atomic mass is 10.0. The monoisotopic (exact) mass is 187 g/mol. The molecule has 0 saturated heterocycles. The SMILES string of the molecule is C=C1Cc2cc(CCCC)ccc2N1. The highest BCUT2D eigenvalue weighted by Gasteiger charge is 2.12. The number of allylic oxidation sites excluding steroid dienone is 1. The zero-order valence-corrected chi connectivity index (χ0v) is 8.77. The molecule has 1 aliphatic heterocycles. The first-order chi connectivity index (χ1) is 6.79. The van der Waals surface area contributed by atoms with Gasteiger partial charge in [0.25, 0.3) is 0 Å². The van der Waals surface area contributed by atoms with Crippen molar-refractivity contribution in [2.45, 2.75) is 32.6 Å². The smallest absolute Gasteiger partial charge is 0.0418 e. The van der Waals surface area contributed by atoms with Crippen LogP contribution in [0.2, 0.25) is 0 Å². The predicted molar refractivity (Wildman–Crippen MR) is 61.5 cm³/mol. The van der Waals surface area contributed by atoms with E-state index in [9.17, 15) is 0 Å². The standard InChI is InChI=1S/C13H17N/c1-3-4-5-11-6-7-13-12(9-11)8-10(2)14-13/h6-7,9,14H,2-5,8H2,1H3. The van der Waals surface area contributed by atoms with E-state index in [-0.39, 0.29) is 0 Å². The molecular formula is C13H17N. The molecule has 0 unspecified atom stereocenters. The van der Waals surface area contributed by atoms with Crippen molar-refractivity contribution in [3.63, 3.8) is 0 Å². The van der Waals surface area contributed by atoms with Crippen molar-refractivity contribution in [3.8, 4) is 0 Å². The Bertz CT molecular complexity index is 352. The molecule has 74 valence electrons. The molecule has 1 aromatic carbocycles. The van der Waals surface area contributed by atoms with Gasteiger partial charge in [0.15, 0.2) is 0 Å². The summed E-state index contributed by atoms with van der Waals surface area (Å²) in [5, 5.41) is 3.29. The minimum Gasteiger partial charge on any atom is -0.359 e. The molecule has 1 aliphatic rings. The van der Waals surface area contributed by atoms with Gasteiger partial charge in [-0.1, -0.05) is 32.1 Å². The summed E-state index contributed by atoms with van der Waals surface area (Å²) < 4.78 is 0. The normalized spacial score (nSPS) is 13.9. The number of rotatable bonds is 3. The van der Waals surface area contributed by atoms with Gasteiger partial charge in [-0.05, 0) is 30.0 Å². The minimum atomic E-state index is 0.995. The molecule has 0 aliphatic carbocycles. The maximum atomic E-state index is 3.95. The number of fused-ring (bicyclic) bond motifs is 1. The first-order valence-corrected chi connectivity index (χ1v) is 5.36. The number of unbranched alkanes of at least 4 members (excludes halogenated alkanes) is 1. The molecule has 14 heavy (non-hydrogen) atoms. The van der Waals surface area contributed by atoms with E-state index in [4.69, 9.17) is 0 Å². The fourth-order valence-corrected chi connectivity index (χ4v) is 1.92. The Morgan fingerprint density at radius 1 is 1.43 bits per heavy atom. The number of nitrogens with one attached hydrogen (secondary N) is 1.